The average molecular weight is 296 g/mol. The molecule has 0 aliphatic carbocycles. The number of methoxy groups -OCH3 is 1. The molecule has 0 saturated carbocycles. The van der Waals surface area contributed by atoms with E-state index in [4.69, 9.17) is 4.42 Å². The molecule has 0 atom stereocenters. The smallest absolute Gasteiger partial charge is 0.306 e. The molecule has 0 fully saturated rings. The molecule has 0 aromatic carbocycles. The highest BCUT2D eigenvalue weighted by molar-refractivity contribution is 7.99. The molecule has 0 bridgehead atoms. The van der Waals surface area contributed by atoms with Crippen LogP contribution in [0.5, 0.6) is 0 Å². The van der Waals surface area contributed by atoms with Gasteiger partial charge in [0.1, 0.15) is 5.69 Å². The first-order chi connectivity index (χ1) is 9.61. The van der Waals surface area contributed by atoms with Crippen LogP contribution < -0.4 is 0 Å². The lowest BCUT2D eigenvalue weighted by atomic mass is 10.3. The van der Waals surface area contributed by atoms with E-state index in [1.54, 1.807) is 6.20 Å². The van der Waals surface area contributed by atoms with E-state index in [1.807, 2.05) is 24.6 Å². The quantitative estimate of drug-likeness (QED) is 0.596. The molecule has 8 heteroatoms. The van der Waals surface area contributed by atoms with Crippen LogP contribution in [0.3, 0.4) is 0 Å². The molecule has 20 heavy (non-hydrogen) atoms. The summed E-state index contributed by atoms with van der Waals surface area (Å²) in [6.07, 6.45) is 2.01. The van der Waals surface area contributed by atoms with Crippen LogP contribution in [0.25, 0.3) is 11.6 Å². The molecule has 2 aromatic heterocycles. The van der Waals surface area contributed by atoms with Crippen molar-refractivity contribution in [3.63, 3.8) is 0 Å². The van der Waals surface area contributed by atoms with Crippen molar-refractivity contribution in [3.8, 4) is 11.6 Å². The van der Waals surface area contributed by atoms with Crippen LogP contribution in [0.2, 0.25) is 0 Å². The third kappa shape index (κ3) is 3.38. The van der Waals surface area contributed by atoms with Gasteiger partial charge in [-0.3, -0.25) is 9.48 Å². The maximum atomic E-state index is 11.0. The molecule has 0 saturated heterocycles. The topological polar surface area (TPSA) is 83.0 Å². The van der Waals surface area contributed by atoms with Gasteiger partial charge < -0.3 is 9.15 Å². The van der Waals surface area contributed by atoms with Crippen molar-refractivity contribution in [2.75, 3.05) is 12.9 Å². The van der Waals surface area contributed by atoms with Gasteiger partial charge in [0, 0.05) is 18.0 Å². The van der Waals surface area contributed by atoms with E-state index in [1.165, 1.54) is 18.9 Å². The Morgan fingerprint density at radius 1 is 1.50 bits per heavy atom. The molecular weight excluding hydrogens is 280 g/mol. The zero-order chi connectivity index (χ0) is 14.5. The fourth-order valence-corrected chi connectivity index (χ4v) is 2.27. The van der Waals surface area contributed by atoms with Crippen LogP contribution in [-0.2, 0) is 9.53 Å². The summed E-state index contributed by atoms with van der Waals surface area (Å²) >= 11 is 1.33. The van der Waals surface area contributed by atoms with E-state index in [2.05, 4.69) is 20.0 Å². The molecule has 0 radical (unpaired) electrons. The number of rotatable bonds is 6. The summed E-state index contributed by atoms with van der Waals surface area (Å²) in [5, 5.41) is 12.6. The lowest BCUT2D eigenvalue weighted by Crippen LogP contribution is -2.04. The molecule has 7 nitrogen and oxygen atoms in total. The number of carbonyl (C=O) groups is 1. The number of thioether (sulfide) groups is 1. The Labute approximate surface area is 120 Å². The van der Waals surface area contributed by atoms with Crippen molar-refractivity contribution in [1.29, 1.82) is 0 Å². The summed E-state index contributed by atoms with van der Waals surface area (Å²) < 4.78 is 11.9. The predicted octanol–water partition coefficient (Wildman–Crippen LogP) is 2.17. The first-order valence-corrected chi connectivity index (χ1v) is 7.17. The van der Waals surface area contributed by atoms with Gasteiger partial charge in [0.05, 0.1) is 13.5 Å². The van der Waals surface area contributed by atoms with Crippen LogP contribution in [0, 0.1) is 0 Å². The summed E-state index contributed by atoms with van der Waals surface area (Å²) in [5.41, 5.74) is 0.785. The van der Waals surface area contributed by atoms with Crippen molar-refractivity contribution in [3.05, 3.63) is 12.3 Å². The number of hydrogen-bond acceptors (Lipinski definition) is 7. The first-order valence-electron chi connectivity index (χ1n) is 6.19. The molecule has 0 spiro atoms. The average Bonchev–Trinajstić information content (AvgIpc) is 3.06. The van der Waals surface area contributed by atoms with E-state index < -0.39 is 0 Å². The minimum absolute atomic E-state index is 0.210. The molecule has 0 aliphatic heterocycles. The second-order valence-electron chi connectivity index (χ2n) is 4.30. The Kier molecular flexibility index (Phi) is 4.78. The van der Waals surface area contributed by atoms with Gasteiger partial charge >= 0.3 is 5.97 Å². The Morgan fingerprint density at radius 3 is 3.00 bits per heavy atom. The van der Waals surface area contributed by atoms with E-state index >= 15 is 0 Å². The number of hydrogen-bond donors (Lipinski definition) is 0. The third-order valence-electron chi connectivity index (χ3n) is 2.54. The molecular formula is C12H16N4O3S. The predicted molar refractivity (Wildman–Crippen MR) is 73.3 cm³/mol. The van der Waals surface area contributed by atoms with Crippen molar-refractivity contribution in [2.45, 2.75) is 31.5 Å². The number of aromatic nitrogens is 4. The molecule has 0 unspecified atom stereocenters. The van der Waals surface area contributed by atoms with Crippen molar-refractivity contribution >= 4 is 17.7 Å². The molecule has 108 valence electrons. The van der Waals surface area contributed by atoms with E-state index in [9.17, 15) is 4.79 Å². The second-order valence-corrected chi connectivity index (χ2v) is 5.35. The van der Waals surface area contributed by atoms with Crippen LogP contribution in [0.15, 0.2) is 21.9 Å². The summed E-state index contributed by atoms with van der Waals surface area (Å²) in [7, 11) is 1.37. The van der Waals surface area contributed by atoms with Crippen LogP contribution >= 0.6 is 11.8 Å². The van der Waals surface area contributed by atoms with Gasteiger partial charge in [-0.1, -0.05) is 11.8 Å². The Balaban J connectivity index is 2.02. The maximum absolute atomic E-state index is 11.0. The lowest BCUT2D eigenvalue weighted by molar-refractivity contribution is -0.140. The van der Waals surface area contributed by atoms with Crippen molar-refractivity contribution < 1.29 is 13.9 Å². The molecule has 0 N–H and O–H groups in total. The monoisotopic (exact) mass is 296 g/mol. The highest BCUT2D eigenvalue weighted by Crippen LogP contribution is 2.24. The number of carbonyl (C=O) groups excluding carboxylic acids is 1. The van der Waals surface area contributed by atoms with Gasteiger partial charge in [0.15, 0.2) is 0 Å². The minimum atomic E-state index is -0.255. The molecule has 2 aromatic rings. The Hall–Kier alpha value is -1.83. The van der Waals surface area contributed by atoms with Crippen LogP contribution in [-0.4, -0.2) is 38.8 Å². The van der Waals surface area contributed by atoms with E-state index in [0.29, 0.717) is 23.3 Å². The summed E-state index contributed by atoms with van der Waals surface area (Å²) in [6, 6.07) is 2.04. The Morgan fingerprint density at radius 2 is 2.30 bits per heavy atom. The molecule has 2 rings (SSSR count). The fraction of sp³-hybridized carbons (Fsp3) is 0.500. The van der Waals surface area contributed by atoms with Crippen LogP contribution in [0.1, 0.15) is 26.3 Å². The molecule has 0 aliphatic rings. The Bertz CT molecular complexity index is 579. The van der Waals surface area contributed by atoms with Crippen molar-refractivity contribution in [2.24, 2.45) is 0 Å². The lowest BCUT2D eigenvalue weighted by Gasteiger charge is -2.07. The van der Waals surface area contributed by atoms with Gasteiger partial charge in [-0.25, -0.2) is 0 Å². The standard InChI is InChI=1S/C12H16N4O3S/c1-8(2)16-9(4-6-13-16)11-14-15-12(19-11)20-7-5-10(17)18-3/h4,6,8H,5,7H2,1-3H3. The van der Waals surface area contributed by atoms with Gasteiger partial charge in [-0.05, 0) is 19.9 Å². The van der Waals surface area contributed by atoms with Gasteiger partial charge in [0.2, 0.25) is 0 Å². The summed E-state index contributed by atoms with van der Waals surface area (Å²) in [6.45, 7) is 4.05. The normalized spacial score (nSPS) is 11.0. The zero-order valence-electron chi connectivity index (χ0n) is 11.6. The molecule has 2 heterocycles. The highest BCUT2D eigenvalue weighted by Gasteiger charge is 2.15. The van der Waals surface area contributed by atoms with Crippen molar-refractivity contribution in [1.82, 2.24) is 20.0 Å². The highest BCUT2D eigenvalue weighted by atomic mass is 32.2. The molecule has 0 amide bonds. The fourth-order valence-electron chi connectivity index (χ4n) is 1.59. The zero-order valence-corrected chi connectivity index (χ0v) is 12.4. The number of ether oxygens (including phenoxy) is 1. The van der Waals surface area contributed by atoms with E-state index in [0.717, 1.165) is 5.69 Å². The van der Waals surface area contributed by atoms with Crippen LogP contribution in [0.4, 0.5) is 0 Å². The largest absolute Gasteiger partial charge is 0.469 e. The van der Waals surface area contributed by atoms with E-state index in [-0.39, 0.29) is 12.0 Å². The number of nitrogens with zero attached hydrogens (tertiary/aromatic N) is 4. The summed E-state index contributed by atoms with van der Waals surface area (Å²) in [5.74, 6) is 0.712. The second kappa shape index (κ2) is 6.56. The first kappa shape index (κ1) is 14.6. The van der Waals surface area contributed by atoms with Gasteiger partial charge in [-0.15, -0.1) is 10.2 Å². The maximum Gasteiger partial charge on any atom is 0.306 e. The minimum Gasteiger partial charge on any atom is -0.469 e. The SMILES string of the molecule is COC(=O)CCSc1nnc(-c2ccnn2C(C)C)o1. The summed E-state index contributed by atoms with van der Waals surface area (Å²) in [4.78, 5) is 11.0. The van der Waals surface area contributed by atoms with Gasteiger partial charge in [0.25, 0.3) is 11.1 Å². The third-order valence-corrected chi connectivity index (χ3v) is 3.36. The van der Waals surface area contributed by atoms with Gasteiger partial charge in [-0.2, -0.15) is 5.10 Å². The number of esters is 1.